The summed E-state index contributed by atoms with van der Waals surface area (Å²) < 4.78 is 0. The molecule has 0 saturated heterocycles. The highest BCUT2D eigenvalue weighted by molar-refractivity contribution is 5.40. The van der Waals surface area contributed by atoms with Gasteiger partial charge in [0.2, 0.25) is 0 Å². The summed E-state index contributed by atoms with van der Waals surface area (Å²) in [5.41, 5.74) is 2.18. The standard InChI is InChI=1S/C10H15NO2/c1-3-4-9-8(6-12)5-11-7(2)10(9)13/h5,12-13H,3-4,6H2,1-2H3. The van der Waals surface area contributed by atoms with E-state index in [-0.39, 0.29) is 12.4 Å². The molecule has 13 heavy (non-hydrogen) atoms. The number of aromatic nitrogens is 1. The molecule has 3 nitrogen and oxygen atoms in total. The van der Waals surface area contributed by atoms with Crippen LogP contribution in [0.2, 0.25) is 0 Å². The van der Waals surface area contributed by atoms with Crippen molar-refractivity contribution in [3.8, 4) is 5.75 Å². The van der Waals surface area contributed by atoms with Crippen LogP contribution in [-0.2, 0) is 13.0 Å². The average Bonchev–Trinajstić information content (AvgIpc) is 2.14. The number of hydrogen-bond acceptors (Lipinski definition) is 3. The van der Waals surface area contributed by atoms with Gasteiger partial charge in [-0.1, -0.05) is 13.3 Å². The van der Waals surface area contributed by atoms with E-state index >= 15 is 0 Å². The zero-order chi connectivity index (χ0) is 9.84. The number of aliphatic hydroxyl groups is 1. The molecule has 0 aromatic carbocycles. The molecule has 0 atom stereocenters. The summed E-state index contributed by atoms with van der Waals surface area (Å²) in [7, 11) is 0. The minimum Gasteiger partial charge on any atom is -0.506 e. The third-order valence-corrected chi connectivity index (χ3v) is 2.10. The van der Waals surface area contributed by atoms with Gasteiger partial charge in [-0.2, -0.15) is 0 Å². The zero-order valence-corrected chi connectivity index (χ0v) is 8.04. The fourth-order valence-corrected chi connectivity index (χ4v) is 1.35. The number of hydrogen-bond donors (Lipinski definition) is 2. The maximum Gasteiger partial charge on any atom is 0.140 e. The second-order valence-corrected chi connectivity index (χ2v) is 3.10. The van der Waals surface area contributed by atoms with Crippen molar-refractivity contribution in [2.45, 2.75) is 33.3 Å². The summed E-state index contributed by atoms with van der Waals surface area (Å²) in [5.74, 6) is 0.230. The van der Waals surface area contributed by atoms with Crippen molar-refractivity contribution < 1.29 is 10.2 Å². The van der Waals surface area contributed by atoms with Crippen LogP contribution in [0.4, 0.5) is 0 Å². The van der Waals surface area contributed by atoms with Gasteiger partial charge in [-0.3, -0.25) is 4.98 Å². The highest BCUT2D eigenvalue weighted by atomic mass is 16.3. The molecule has 0 amide bonds. The fourth-order valence-electron chi connectivity index (χ4n) is 1.35. The first-order valence-electron chi connectivity index (χ1n) is 4.47. The van der Waals surface area contributed by atoms with Crippen molar-refractivity contribution in [2.75, 3.05) is 0 Å². The molecule has 0 aliphatic rings. The summed E-state index contributed by atoms with van der Waals surface area (Å²) in [6.07, 6.45) is 3.36. The van der Waals surface area contributed by atoms with Crippen LogP contribution in [0.15, 0.2) is 6.20 Å². The molecule has 0 aliphatic heterocycles. The largest absolute Gasteiger partial charge is 0.506 e. The van der Waals surface area contributed by atoms with E-state index in [0.717, 1.165) is 24.0 Å². The maximum absolute atomic E-state index is 9.67. The molecule has 0 saturated carbocycles. The van der Waals surface area contributed by atoms with Gasteiger partial charge < -0.3 is 10.2 Å². The van der Waals surface area contributed by atoms with Gasteiger partial charge >= 0.3 is 0 Å². The monoisotopic (exact) mass is 181 g/mol. The number of nitrogens with zero attached hydrogens (tertiary/aromatic N) is 1. The third-order valence-electron chi connectivity index (χ3n) is 2.10. The number of pyridine rings is 1. The van der Waals surface area contributed by atoms with Crippen molar-refractivity contribution in [2.24, 2.45) is 0 Å². The van der Waals surface area contributed by atoms with Crippen LogP contribution < -0.4 is 0 Å². The van der Waals surface area contributed by atoms with Crippen LogP contribution in [0.1, 0.15) is 30.2 Å². The van der Waals surface area contributed by atoms with Gasteiger partial charge in [0.05, 0.1) is 12.3 Å². The number of aliphatic hydroxyl groups excluding tert-OH is 1. The molecular formula is C10H15NO2. The molecule has 72 valence electrons. The Morgan fingerprint density at radius 3 is 2.69 bits per heavy atom. The predicted octanol–water partition coefficient (Wildman–Crippen LogP) is 1.54. The van der Waals surface area contributed by atoms with Gasteiger partial charge in [-0.15, -0.1) is 0 Å². The number of aryl methyl sites for hydroxylation is 1. The van der Waals surface area contributed by atoms with Gasteiger partial charge in [-0.05, 0) is 13.3 Å². The van der Waals surface area contributed by atoms with Crippen LogP contribution >= 0.6 is 0 Å². The molecule has 0 radical (unpaired) electrons. The molecule has 3 heteroatoms. The van der Waals surface area contributed by atoms with Gasteiger partial charge in [0.25, 0.3) is 0 Å². The first-order chi connectivity index (χ1) is 6.20. The van der Waals surface area contributed by atoms with Crippen molar-refractivity contribution in [3.63, 3.8) is 0 Å². The van der Waals surface area contributed by atoms with Crippen molar-refractivity contribution in [1.29, 1.82) is 0 Å². The lowest BCUT2D eigenvalue weighted by molar-refractivity contribution is 0.279. The van der Waals surface area contributed by atoms with Gasteiger partial charge in [0.15, 0.2) is 0 Å². The number of rotatable bonds is 3. The van der Waals surface area contributed by atoms with Crippen LogP contribution in [0, 0.1) is 6.92 Å². The maximum atomic E-state index is 9.67. The Kier molecular flexibility index (Phi) is 3.25. The molecule has 0 fully saturated rings. The highest BCUT2D eigenvalue weighted by Crippen LogP contribution is 2.24. The highest BCUT2D eigenvalue weighted by Gasteiger charge is 2.09. The Morgan fingerprint density at radius 1 is 1.46 bits per heavy atom. The quantitative estimate of drug-likeness (QED) is 0.743. The van der Waals surface area contributed by atoms with Crippen LogP contribution in [0.5, 0.6) is 5.75 Å². The molecule has 2 N–H and O–H groups in total. The Labute approximate surface area is 78.1 Å². The van der Waals surface area contributed by atoms with Crippen molar-refractivity contribution in [3.05, 3.63) is 23.0 Å². The van der Waals surface area contributed by atoms with E-state index in [2.05, 4.69) is 4.98 Å². The Bertz CT molecular complexity index is 297. The van der Waals surface area contributed by atoms with E-state index < -0.39 is 0 Å². The zero-order valence-electron chi connectivity index (χ0n) is 8.04. The average molecular weight is 181 g/mol. The third kappa shape index (κ3) is 1.98. The molecule has 1 aromatic rings. The first kappa shape index (κ1) is 9.99. The molecule has 0 spiro atoms. The fraction of sp³-hybridized carbons (Fsp3) is 0.500. The second kappa shape index (κ2) is 4.23. The Balaban J connectivity index is 3.15. The molecule has 1 aromatic heterocycles. The SMILES string of the molecule is CCCc1c(CO)cnc(C)c1O. The molecule has 0 bridgehead atoms. The van der Waals surface area contributed by atoms with Crippen LogP contribution in [0.3, 0.4) is 0 Å². The van der Waals surface area contributed by atoms with Crippen molar-refractivity contribution >= 4 is 0 Å². The van der Waals surface area contributed by atoms with Gasteiger partial charge in [0, 0.05) is 17.3 Å². The molecule has 0 unspecified atom stereocenters. The summed E-state index contributed by atoms with van der Waals surface area (Å²) in [4.78, 5) is 3.98. The van der Waals surface area contributed by atoms with Gasteiger partial charge in [-0.25, -0.2) is 0 Å². The van der Waals surface area contributed by atoms with E-state index in [4.69, 9.17) is 5.11 Å². The van der Waals surface area contributed by atoms with E-state index in [0.29, 0.717) is 5.69 Å². The Hall–Kier alpha value is -1.09. The Morgan fingerprint density at radius 2 is 2.15 bits per heavy atom. The summed E-state index contributed by atoms with van der Waals surface area (Å²) in [6, 6.07) is 0. The smallest absolute Gasteiger partial charge is 0.140 e. The normalized spacial score (nSPS) is 10.4. The molecule has 1 rings (SSSR count). The van der Waals surface area contributed by atoms with Gasteiger partial charge in [0.1, 0.15) is 5.75 Å². The topological polar surface area (TPSA) is 53.4 Å². The van der Waals surface area contributed by atoms with Crippen molar-refractivity contribution in [1.82, 2.24) is 4.98 Å². The molecular weight excluding hydrogens is 166 g/mol. The van der Waals surface area contributed by atoms with Crippen LogP contribution in [-0.4, -0.2) is 15.2 Å². The van der Waals surface area contributed by atoms with E-state index in [1.165, 1.54) is 0 Å². The van der Waals surface area contributed by atoms with E-state index in [1.807, 2.05) is 6.92 Å². The van der Waals surface area contributed by atoms with E-state index in [1.54, 1.807) is 13.1 Å². The summed E-state index contributed by atoms with van der Waals surface area (Å²) in [5, 5.41) is 18.7. The predicted molar refractivity (Wildman–Crippen MR) is 50.6 cm³/mol. The lowest BCUT2D eigenvalue weighted by Crippen LogP contribution is -1.98. The minimum atomic E-state index is -0.0594. The van der Waals surface area contributed by atoms with E-state index in [9.17, 15) is 5.11 Å². The molecule has 0 aliphatic carbocycles. The second-order valence-electron chi connectivity index (χ2n) is 3.10. The number of aromatic hydroxyl groups is 1. The molecule has 1 heterocycles. The van der Waals surface area contributed by atoms with Crippen LogP contribution in [0.25, 0.3) is 0 Å². The lowest BCUT2D eigenvalue weighted by Gasteiger charge is -2.09. The lowest BCUT2D eigenvalue weighted by atomic mass is 10.0. The summed E-state index contributed by atoms with van der Waals surface area (Å²) >= 11 is 0. The minimum absolute atomic E-state index is 0.0594. The summed E-state index contributed by atoms with van der Waals surface area (Å²) in [6.45, 7) is 3.74. The first-order valence-corrected chi connectivity index (χ1v) is 4.47.